The molecule has 98 valence electrons. The van der Waals surface area contributed by atoms with Gasteiger partial charge in [0.15, 0.2) is 0 Å². The molecule has 1 saturated heterocycles. The largest absolute Gasteiger partial charge is 0.480 e. The lowest BCUT2D eigenvalue weighted by Gasteiger charge is -2.44. The maximum Gasteiger partial charge on any atom is 0.326 e. The predicted molar refractivity (Wildman–Crippen MR) is 64.4 cm³/mol. The predicted octanol–water partition coefficient (Wildman–Crippen LogP) is 0.825. The zero-order valence-electron chi connectivity index (χ0n) is 10.8. The van der Waals surface area contributed by atoms with Gasteiger partial charge < -0.3 is 15.7 Å². The van der Waals surface area contributed by atoms with Crippen LogP contribution in [0.2, 0.25) is 0 Å². The molecule has 0 saturated carbocycles. The van der Waals surface area contributed by atoms with Crippen molar-refractivity contribution in [2.24, 2.45) is 11.1 Å². The molecule has 0 aromatic carbocycles. The van der Waals surface area contributed by atoms with Crippen molar-refractivity contribution in [3.05, 3.63) is 0 Å². The number of carboxylic acid groups (broad SMARTS) is 1. The molecule has 1 rings (SSSR count). The van der Waals surface area contributed by atoms with E-state index in [-0.39, 0.29) is 5.91 Å². The number of amides is 1. The van der Waals surface area contributed by atoms with Gasteiger partial charge in [-0.25, -0.2) is 4.79 Å². The second-order valence-corrected chi connectivity index (χ2v) is 5.38. The Balaban J connectivity index is 2.96. The Hall–Kier alpha value is -1.10. The van der Waals surface area contributed by atoms with Crippen LogP contribution in [0, 0.1) is 5.41 Å². The van der Waals surface area contributed by atoms with Gasteiger partial charge in [-0.1, -0.05) is 20.8 Å². The van der Waals surface area contributed by atoms with Crippen molar-refractivity contribution in [3.63, 3.8) is 0 Å². The third-order valence-electron chi connectivity index (χ3n) is 3.55. The van der Waals surface area contributed by atoms with E-state index < -0.39 is 23.5 Å². The molecular formula is C12H22N2O3. The summed E-state index contributed by atoms with van der Waals surface area (Å²) in [6, 6.07) is -1.35. The highest BCUT2D eigenvalue weighted by atomic mass is 16.4. The van der Waals surface area contributed by atoms with Crippen molar-refractivity contribution in [3.8, 4) is 0 Å². The van der Waals surface area contributed by atoms with E-state index in [4.69, 9.17) is 5.73 Å². The number of hydrogen-bond donors (Lipinski definition) is 2. The molecular weight excluding hydrogens is 220 g/mol. The van der Waals surface area contributed by atoms with E-state index in [0.29, 0.717) is 13.0 Å². The number of piperidine rings is 1. The number of hydrogen-bond acceptors (Lipinski definition) is 3. The molecule has 1 heterocycles. The molecule has 1 aliphatic heterocycles. The third-order valence-corrected chi connectivity index (χ3v) is 3.55. The molecule has 0 spiro atoms. The molecule has 1 fully saturated rings. The molecule has 0 aliphatic carbocycles. The molecule has 5 nitrogen and oxygen atoms in total. The average Bonchev–Trinajstić information content (AvgIpc) is 2.24. The van der Waals surface area contributed by atoms with E-state index in [1.54, 1.807) is 0 Å². The topological polar surface area (TPSA) is 83.6 Å². The number of carboxylic acids is 1. The van der Waals surface area contributed by atoms with E-state index in [0.717, 1.165) is 12.8 Å². The Kier molecular flexibility index (Phi) is 4.14. The highest BCUT2D eigenvalue weighted by molar-refractivity contribution is 5.87. The summed E-state index contributed by atoms with van der Waals surface area (Å²) < 4.78 is 0. The van der Waals surface area contributed by atoms with Crippen molar-refractivity contribution in [2.75, 3.05) is 6.54 Å². The minimum Gasteiger partial charge on any atom is -0.480 e. The standard InChI is InChI=1S/C12H22N2O3/c1-4-8(13)10(15)14-7-5-6-12(2,3)9(14)11(16)17/h8-9H,4-7,13H2,1-3H3,(H,16,17). The van der Waals surface area contributed by atoms with E-state index >= 15 is 0 Å². The minimum absolute atomic E-state index is 0.243. The summed E-state index contributed by atoms with van der Waals surface area (Å²) in [6.07, 6.45) is 2.18. The minimum atomic E-state index is -0.939. The van der Waals surface area contributed by atoms with Crippen LogP contribution in [-0.2, 0) is 9.59 Å². The van der Waals surface area contributed by atoms with E-state index in [1.165, 1.54) is 4.90 Å². The van der Waals surface area contributed by atoms with Gasteiger partial charge in [-0.05, 0) is 24.7 Å². The molecule has 3 N–H and O–H groups in total. The second kappa shape index (κ2) is 5.04. The maximum atomic E-state index is 12.1. The summed E-state index contributed by atoms with van der Waals surface area (Å²) >= 11 is 0. The van der Waals surface area contributed by atoms with Crippen molar-refractivity contribution in [1.29, 1.82) is 0 Å². The van der Waals surface area contributed by atoms with Gasteiger partial charge in [-0.15, -0.1) is 0 Å². The quantitative estimate of drug-likeness (QED) is 0.767. The molecule has 0 aromatic rings. The van der Waals surface area contributed by atoms with Crippen molar-refractivity contribution < 1.29 is 14.7 Å². The second-order valence-electron chi connectivity index (χ2n) is 5.38. The Bertz CT molecular complexity index is 315. The van der Waals surface area contributed by atoms with Crippen molar-refractivity contribution in [2.45, 2.75) is 52.1 Å². The first kappa shape index (κ1) is 14.0. The Labute approximate surface area is 102 Å². The smallest absolute Gasteiger partial charge is 0.326 e. The van der Waals surface area contributed by atoms with Crippen LogP contribution in [0.5, 0.6) is 0 Å². The van der Waals surface area contributed by atoms with Gasteiger partial charge in [0.2, 0.25) is 5.91 Å². The molecule has 2 unspecified atom stereocenters. The summed E-state index contributed by atoms with van der Waals surface area (Å²) in [5, 5.41) is 9.31. The fraction of sp³-hybridized carbons (Fsp3) is 0.833. The lowest BCUT2D eigenvalue weighted by Crippen LogP contribution is -2.59. The van der Waals surface area contributed by atoms with Gasteiger partial charge in [0.25, 0.3) is 0 Å². The van der Waals surface area contributed by atoms with E-state index in [9.17, 15) is 14.7 Å². The monoisotopic (exact) mass is 242 g/mol. The van der Waals surface area contributed by atoms with E-state index in [2.05, 4.69) is 0 Å². The van der Waals surface area contributed by atoms with Crippen LogP contribution in [0.1, 0.15) is 40.0 Å². The lowest BCUT2D eigenvalue weighted by molar-refractivity contribution is -0.159. The Morgan fingerprint density at radius 2 is 2.12 bits per heavy atom. The molecule has 1 aliphatic rings. The zero-order chi connectivity index (χ0) is 13.2. The molecule has 0 aromatic heterocycles. The van der Waals surface area contributed by atoms with Crippen LogP contribution in [0.15, 0.2) is 0 Å². The summed E-state index contributed by atoms with van der Waals surface area (Å²) in [4.78, 5) is 24.9. The first-order valence-corrected chi connectivity index (χ1v) is 6.10. The molecule has 1 amide bonds. The maximum absolute atomic E-state index is 12.1. The fourth-order valence-corrected chi connectivity index (χ4v) is 2.49. The van der Waals surface area contributed by atoms with Gasteiger partial charge in [0.1, 0.15) is 6.04 Å². The number of rotatable bonds is 3. The first-order valence-electron chi connectivity index (χ1n) is 6.10. The zero-order valence-corrected chi connectivity index (χ0v) is 10.8. The van der Waals surface area contributed by atoms with Crippen LogP contribution in [0.25, 0.3) is 0 Å². The summed E-state index contributed by atoms with van der Waals surface area (Å²) in [6.45, 7) is 6.10. The van der Waals surface area contributed by atoms with Gasteiger partial charge in [0, 0.05) is 6.54 Å². The van der Waals surface area contributed by atoms with Crippen LogP contribution in [0.4, 0.5) is 0 Å². The molecule has 2 atom stereocenters. The number of nitrogens with two attached hydrogens (primary N) is 1. The number of carbonyl (C=O) groups is 2. The van der Waals surface area contributed by atoms with Crippen LogP contribution >= 0.6 is 0 Å². The van der Waals surface area contributed by atoms with Crippen molar-refractivity contribution >= 4 is 11.9 Å². The highest BCUT2D eigenvalue weighted by Gasteiger charge is 2.45. The van der Waals surface area contributed by atoms with Gasteiger partial charge in [-0.2, -0.15) is 0 Å². The molecule has 0 radical (unpaired) electrons. The Morgan fingerprint density at radius 1 is 1.53 bits per heavy atom. The van der Waals surface area contributed by atoms with Gasteiger partial charge >= 0.3 is 5.97 Å². The molecule has 5 heteroatoms. The van der Waals surface area contributed by atoms with Crippen LogP contribution in [0.3, 0.4) is 0 Å². The van der Waals surface area contributed by atoms with Crippen LogP contribution in [-0.4, -0.2) is 40.5 Å². The normalized spacial score (nSPS) is 25.4. The third kappa shape index (κ3) is 2.77. The number of aliphatic carboxylic acids is 1. The van der Waals surface area contributed by atoms with Crippen LogP contribution < -0.4 is 5.73 Å². The molecule has 17 heavy (non-hydrogen) atoms. The van der Waals surface area contributed by atoms with Gasteiger partial charge in [-0.3, -0.25) is 4.79 Å². The summed E-state index contributed by atoms with van der Waals surface area (Å²) in [7, 11) is 0. The first-order chi connectivity index (χ1) is 7.81. The summed E-state index contributed by atoms with van der Waals surface area (Å²) in [5.41, 5.74) is 5.32. The van der Waals surface area contributed by atoms with Gasteiger partial charge in [0.05, 0.1) is 6.04 Å². The highest BCUT2D eigenvalue weighted by Crippen LogP contribution is 2.35. The fourth-order valence-electron chi connectivity index (χ4n) is 2.49. The molecule has 0 bridgehead atoms. The lowest BCUT2D eigenvalue weighted by atomic mass is 9.76. The number of carbonyl (C=O) groups excluding carboxylic acids is 1. The summed E-state index contributed by atoms with van der Waals surface area (Å²) in [5.74, 6) is -1.18. The number of likely N-dealkylation sites (tertiary alicyclic amines) is 1. The number of nitrogens with zero attached hydrogens (tertiary/aromatic N) is 1. The Morgan fingerprint density at radius 3 is 2.59 bits per heavy atom. The average molecular weight is 242 g/mol. The van der Waals surface area contributed by atoms with E-state index in [1.807, 2.05) is 20.8 Å². The van der Waals surface area contributed by atoms with Crippen molar-refractivity contribution in [1.82, 2.24) is 4.90 Å². The SMILES string of the molecule is CCC(N)C(=O)N1CCCC(C)(C)C1C(=O)O.